The number of pyridine rings is 1. The highest BCUT2D eigenvalue weighted by molar-refractivity contribution is 6.30. The van der Waals surface area contributed by atoms with Crippen molar-refractivity contribution in [2.24, 2.45) is 0 Å². The molecule has 7 heteroatoms. The number of carbonyl (C=O) groups is 2. The highest BCUT2D eigenvalue weighted by Gasteiger charge is 2.41. The van der Waals surface area contributed by atoms with Gasteiger partial charge in [0.1, 0.15) is 19.0 Å². The minimum absolute atomic E-state index is 0.00719. The number of benzene rings is 2. The first-order valence-electron chi connectivity index (χ1n) is 12.3. The lowest BCUT2D eigenvalue weighted by atomic mass is 9.72. The van der Waals surface area contributed by atoms with Gasteiger partial charge >= 0.3 is 5.97 Å². The van der Waals surface area contributed by atoms with Gasteiger partial charge in [0.05, 0.1) is 5.57 Å². The molecule has 0 radical (unpaired) electrons. The maximum Gasteiger partial charge on any atom is 0.336 e. The summed E-state index contributed by atoms with van der Waals surface area (Å²) >= 11 is 6.07. The molecule has 0 amide bonds. The van der Waals surface area contributed by atoms with Crippen LogP contribution < -0.4 is 10.1 Å². The number of Topliss-reactive ketones (excluding diaryl/α,β-unsaturated/α-hetero) is 1. The fraction of sp³-hybridized carbons (Fsp3) is 0.233. The number of hydrogen-bond donors (Lipinski definition) is 1. The van der Waals surface area contributed by atoms with Crippen molar-refractivity contribution >= 4 is 23.4 Å². The molecule has 2 heterocycles. The predicted molar refractivity (Wildman–Crippen MR) is 141 cm³/mol. The number of nitrogens with one attached hydrogen (secondary N) is 1. The molecule has 6 nitrogen and oxygen atoms in total. The van der Waals surface area contributed by atoms with Crippen LogP contribution in [0.15, 0.2) is 102 Å². The summed E-state index contributed by atoms with van der Waals surface area (Å²) in [6, 6.07) is 20.7. The van der Waals surface area contributed by atoms with Crippen LogP contribution in [-0.2, 0) is 14.3 Å². The average Bonchev–Trinajstić information content (AvgIpc) is 2.91. The summed E-state index contributed by atoms with van der Waals surface area (Å²) in [6.45, 7) is 2.16. The Labute approximate surface area is 221 Å². The molecule has 0 fully saturated rings. The second kappa shape index (κ2) is 11.0. The quantitative estimate of drug-likeness (QED) is 0.321. The number of rotatable bonds is 7. The van der Waals surface area contributed by atoms with Crippen LogP contribution in [0.25, 0.3) is 0 Å². The number of carbonyl (C=O) groups excluding carboxylic acids is 2. The van der Waals surface area contributed by atoms with E-state index in [4.69, 9.17) is 21.1 Å². The molecule has 0 saturated carbocycles. The molecule has 188 valence electrons. The van der Waals surface area contributed by atoms with Gasteiger partial charge < -0.3 is 14.8 Å². The minimum atomic E-state index is -0.550. The highest BCUT2D eigenvalue weighted by atomic mass is 35.5. The van der Waals surface area contributed by atoms with Crippen LogP contribution in [0.3, 0.4) is 0 Å². The molecule has 37 heavy (non-hydrogen) atoms. The lowest BCUT2D eigenvalue weighted by Gasteiger charge is -2.36. The molecule has 5 rings (SSSR count). The number of allylic oxidation sites excluding steroid dienone is 3. The number of halogens is 1. The Morgan fingerprint density at radius 1 is 1.00 bits per heavy atom. The number of hydrogen-bond acceptors (Lipinski definition) is 6. The topological polar surface area (TPSA) is 77.5 Å². The van der Waals surface area contributed by atoms with E-state index in [0.29, 0.717) is 40.5 Å². The third kappa shape index (κ3) is 5.44. The maximum atomic E-state index is 13.6. The zero-order valence-corrected chi connectivity index (χ0v) is 21.2. The normalized spacial score (nSPS) is 19.2. The Balaban J connectivity index is 1.39. The van der Waals surface area contributed by atoms with E-state index in [1.54, 1.807) is 12.4 Å². The van der Waals surface area contributed by atoms with Gasteiger partial charge in [0.25, 0.3) is 0 Å². The van der Waals surface area contributed by atoms with E-state index in [1.807, 2.05) is 73.7 Å². The molecule has 1 aliphatic carbocycles. The fourth-order valence-corrected chi connectivity index (χ4v) is 5.17. The maximum absolute atomic E-state index is 13.6. The van der Waals surface area contributed by atoms with Gasteiger partial charge in [-0.25, -0.2) is 4.79 Å². The molecular formula is C30H27ClN2O4. The molecule has 0 bridgehead atoms. The molecule has 0 saturated heterocycles. The molecule has 1 aromatic heterocycles. The van der Waals surface area contributed by atoms with Crippen molar-refractivity contribution in [2.45, 2.75) is 31.6 Å². The molecule has 2 atom stereocenters. The molecular weight excluding hydrogens is 488 g/mol. The smallest absolute Gasteiger partial charge is 0.336 e. The van der Waals surface area contributed by atoms with Crippen LogP contribution in [0.5, 0.6) is 5.75 Å². The Morgan fingerprint density at radius 3 is 2.51 bits per heavy atom. The number of para-hydroxylation sites is 1. The molecule has 1 aliphatic heterocycles. The van der Waals surface area contributed by atoms with Crippen LogP contribution in [-0.4, -0.2) is 30.0 Å². The van der Waals surface area contributed by atoms with Crippen LogP contribution >= 0.6 is 11.6 Å². The van der Waals surface area contributed by atoms with E-state index in [-0.39, 0.29) is 24.9 Å². The molecule has 0 spiro atoms. The second-order valence-corrected chi connectivity index (χ2v) is 9.59. The zero-order chi connectivity index (χ0) is 25.8. The van der Waals surface area contributed by atoms with Crippen molar-refractivity contribution in [3.63, 3.8) is 0 Å². The van der Waals surface area contributed by atoms with E-state index in [1.165, 1.54) is 0 Å². The molecule has 2 aliphatic rings. The van der Waals surface area contributed by atoms with E-state index >= 15 is 0 Å². The SMILES string of the molecule is CC1=C(C(=O)OCCOc2ccccc2)[C@H](c2cccnc2)C2=C(C[C@@H](c3ccc(Cl)cc3)CC2=O)N1. The minimum Gasteiger partial charge on any atom is -0.490 e. The first-order chi connectivity index (χ1) is 18.0. The first-order valence-corrected chi connectivity index (χ1v) is 12.6. The third-order valence-corrected chi connectivity index (χ3v) is 6.99. The van der Waals surface area contributed by atoms with Crippen LogP contribution in [0.2, 0.25) is 5.02 Å². The van der Waals surface area contributed by atoms with Gasteiger partial charge in [-0.05, 0) is 60.7 Å². The first kappa shape index (κ1) is 24.8. The van der Waals surface area contributed by atoms with E-state index in [2.05, 4.69) is 10.3 Å². The highest BCUT2D eigenvalue weighted by Crippen LogP contribution is 2.45. The predicted octanol–water partition coefficient (Wildman–Crippen LogP) is 5.72. The number of ketones is 1. The largest absolute Gasteiger partial charge is 0.490 e. The molecule has 2 aromatic carbocycles. The third-order valence-electron chi connectivity index (χ3n) is 6.74. The summed E-state index contributed by atoms with van der Waals surface area (Å²) in [5.41, 5.74) is 4.38. The summed E-state index contributed by atoms with van der Waals surface area (Å²) in [6.07, 6.45) is 4.39. The zero-order valence-electron chi connectivity index (χ0n) is 20.4. The van der Waals surface area contributed by atoms with Crippen molar-refractivity contribution in [2.75, 3.05) is 13.2 Å². The molecule has 1 N–H and O–H groups in total. The van der Waals surface area contributed by atoms with E-state index < -0.39 is 11.9 Å². The van der Waals surface area contributed by atoms with Gasteiger partial charge in [-0.15, -0.1) is 0 Å². The Morgan fingerprint density at radius 2 is 1.78 bits per heavy atom. The summed E-state index contributed by atoms with van der Waals surface area (Å²) < 4.78 is 11.3. The van der Waals surface area contributed by atoms with Crippen LogP contribution in [0, 0.1) is 0 Å². The Hall–Kier alpha value is -3.90. The summed E-state index contributed by atoms with van der Waals surface area (Å²) in [4.78, 5) is 31.2. The number of nitrogens with zero attached hydrogens (tertiary/aromatic N) is 1. The average molecular weight is 515 g/mol. The van der Waals surface area contributed by atoms with Crippen LogP contribution in [0.1, 0.15) is 42.7 Å². The van der Waals surface area contributed by atoms with Gasteiger partial charge in [0, 0.05) is 46.7 Å². The lowest BCUT2D eigenvalue weighted by Crippen LogP contribution is -2.36. The Kier molecular flexibility index (Phi) is 7.37. The molecule has 3 aromatic rings. The van der Waals surface area contributed by atoms with Crippen molar-refractivity contribution < 1.29 is 19.1 Å². The summed E-state index contributed by atoms with van der Waals surface area (Å²) in [5, 5.41) is 4.03. The number of aromatic nitrogens is 1. The van der Waals surface area contributed by atoms with Gasteiger partial charge in [0.2, 0.25) is 0 Å². The lowest BCUT2D eigenvalue weighted by molar-refractivity contribution is -0.140. The van der Waals surface area contributed by atoms with Gasteiger partial charge in [-0.1, -0.05) is 48.0 Å². The number of dihydropyridines is 1. The van der Waals surface area contributed by atoms with Crippen LogP contribution in [0.4, 0.5) is 0 Å². The van der Waals surface area contributed by atoms with Crippen molar-refractivity contribution in [3.8, 4) is 5.75 Å². The van der Waals surface area contributed by atoms with Gasteiger partial charge in [0.15, 0.2) is 5.78 Å². The summed E-state index contributed by atoms with van der Waals surface area (Å²) in [7, 11) is 0. The summed E-state index contributed by atoms with van der Waals surface area (Å²) in [5.74, 6) is -0.282. The van der Waals surface area contributed by atoms with Gasteiger partial charge in [-0.2, -0.15) is 0 Å². The number of ether oxygens (including phenoxy) is 2. The fourth-order valence-electron chi connectivity index (χ4n) is 5.05. The van der Waals surface area contributed by atoms with E-state index in [0.717, 1.165) is 16.8 Å². The Bertz CT molecular complexity index is 1350. The van der Waals surface area contributed by atoms with Gasteiger partial charge in [-0.3, -0.25) is 9.78 Å². The standard InChI is InChI=1S/C30H27ClN2O4/c1-19-27(30(35)37-15-14-36-24-7-3-2-4-8-24)28(21-6-5-13-32-18-21)29-25(33-19)16-22(17-26(29)34)20-9-11-23(31)12-10-20/h2-13,18,22,28,33H,14-17H2,1H3/t22-,28+/m1/s1. The van der Waals surface area contributed by atoms with Crippen molar-refractivity contribution in [1.29, 1.82) is 0 Å². The molecule has 0 unspecified atom stereocenters. The van der Waals surface area contributed by atoms with Crippen molar-refractivity contribution in [3.05, 3.63) is 118 Å². The second-order valence-electron chi connectivity index (χ2n) is 9.15. The van der Waals surface area contributed by atoms with E-state index in [9.17, 15) is 9.59 Å². The monoisotopic (exact) mass is 514 g/mol. The van der Waals surface area contributed by atoms with Crippen molar-refractivity contribution in [1.82, 2.24) is 10.3 Å². The number of esters is 1.